The standard InChI is InChI=1S/C47H82O18P2/c1-3-5-7-9-11-13-15-17-18-19-21-23-25-27-29-33-40(50)61-35-37(36-62-67(59,60)65-47-44(54)42(52)43(53)46(45(47)55)64-66(56,57)58)63-41(51)34-30-32-39(49)38(48)31-28-26-24-22-20-16-14-12-10-8-6-4-2/h6,8,12,14,17-18,20,22,26,28,37-39,42-49,52-55H,3-5,7,9-11,13,15-16,19,21,23-25,27,29-36H2,1-2H3,(H,59,60)(H2,56,57,58)/b8-6-,14-12-,18-17-,22-20-,28-26-/t37-,38-,39-,42?,43?,44?,45?,46-,47+/m1/s1. The minimum Gasteiger partial charge on any atom is -0.462 e. The lowest BCUT2D eigenvalue weighted by Crippen LogP contribution is -2.64. The van der Waals surface area contributed by atoms with Crippen molar-refractivity contribution in [1.82, 2.24) is 0 Å². The molecule has 0 aromatic carbocycles. The maximum Gasteiger partial charge on any atom is 0.472 e. The third kappa shape index (κ3) is 31.5. The number of aliphatic hydroxyl groups is 6. The van der Waals surface area contributed by atoms with Crippen molar-refractivity contribution < 1.29 is 87.1 Å². The van der Waals surface area contributed by atoms with E-state index in [1.807, 2.05) is 18.2 Å². The van der Waals surface area contributed by atoms with Crippen LogP contribution in [0.4, 0.5) is 0 Å². The van der Waals surface area contributed by atoms with Gasteiger partial charge >= 0.3 is 27.6 Å². The number of rotatable bonds is 39. The molecular formula is C47H82O18P2. The third-order valence-electron chi connectivity index (χ3n) is 10.8. The molecule has 1 aliphatic rings. The second-order valence-corrected chi connectivity index (χ2v) is 19.3. The lowest BCUT2D eigenvalue weighted by atomic mass is 9.85. The van der Waals surface area contributed by atoms with Crippen LogP contribution in [-0.2, 0) is 41.8 Å². The van der Waals surface area contributed by atoms with E-state index in [1.54, 1.807) is 6.08 Å². The molecule has 0 aromatic rings. The van der Waals surface area contributed by atoms with Crippen LogP contribution >= 0.6 is 15.6 Å². The topological polar surface area (TPSA) is 296 Å². The maximum atomic E-state index is 13.0. The van der Waals surface area contributed by atoms with Crippen LogP contribution in [0.15, 0.2) is 60.8 Å². The molecule has 0 bridgehead atoms. The monoisotopic (exact) mass is 996 g/mol. The van der Waals surface area contributed by atoms with Gasteiger partial charge in [0.05, 0.1) is 18.8 Å². The summed E-state index contributed by atoms with van der Waals surface area (Å²) < 4.78 is 49.2. The number of carbonyl (C=O) groups is 2. The SMILES string of the molecule is CC/C=C\C/C=C\C/C=C\C/C=C\C[C@@H](O)[C@H](O)CCCC(=O)O[C@H](COC(=O)CCCCCCC/C=C\CCCCCCCC)COP(=O)(O)O[C@H]1C(O)C(O)C(O)[C@@H](OP(=O)(O)O)C1O. The second kappa shape index (κ2) is 37.4. The van der Waals surface area contributed by atoms with Crippen LogP contribution in [0.3, 0.4) is 0 Å². The zero-order valence-corrected chi connectivity index (χ0v) is 41.3. The Bertz CT molecular complexity index is 1560. The molecule has 20 heteroatoms. The molecule has 67 heavy (non-hydrogen) atoms. The zero-order valence-electron chi connectivity index (χ0n) is 39.5. The van der Waals surface area contributed by atoms with Gasteiger partial charge in [-0.3, -0.25) is 23.2 Å². The average molecular weight is 997 g/mol. The van der Waals surface area contributed by atoms with Gasteiger partial charge in [0.25, 0.3) is 0 Å². The molecule has 18 nitrogen and oxygen atoms in total. The lowest BCUT2D eigenvalue weighted by Gasteiger charge is -2.43. The van der Waals surface area contributed by atoms with Gasteiger partial charge in [0.1, 0.15) is 43.2 Å². The van der Waals surface area contributed by atoms with Crippen LogP contribution in [0.5, 0.6) is 0 Å². The maximum absolute atomic E-state index is 13.0. The summed E-state index contributed by atoms with van der Waals surface area (Å²) in [6.45, 7) is 2.73. The molecule has 1 saturated carbocycles. The summed E-state index contributed by atoms with van der Waals surface area (Å²) in [5, 5.41) is 62.1. The Morgan fingerprint density at radius 2 is 1.06 bits per heavy atom. The third-order valence-corrected chi connectivity index (χ3v) is 12.3. The zero-order chi connectivity index (χ0) is 49.9. The molecule has 0 radical (unpaired) electrons. The van der Waals surface area contributed by atoms with Gasteiger partial charge in [0, 0.05) is 12.8 Å². The predicted molar refractivity (Wildman–Crippen MR) is 253 cm³/mol. The summed E-state index contributed by atoms with van der Waals surface area (Å²) >= 11 is 0. The molecule has 9 N–H and O–H groups in total. The summed E-state index contributed by atoms with van der Waals surface area (Å²) in [6.07, 6.45) is 20.4. The van der Waals surface area contributed by atoms with Gasteiger partial charge in [-0.05, 0) is 77.0 Å². The van der Waals surface area contributed by atoms with Crippen LogP contribution in [-0.4, -0.2) is 125 Å². The van der Waals surface area contributed by atoms with Gasteiger partial charge in [-0.1, -0.05) is 126 Å². The molecule has 0 aromatic heterocycles. The molecule has 5 unspecified atom stereocenters. The number of hydrogen-bond donors (Lipinski definition) is 9. The minimum absolute atomic E-state index is 0.0227. The van der Waals surface area contributed by atoms with E-state index in [4.69, 9.17) is 18.5 Å². The van der Waals surface area contributed by atoms with E-state index in [9.17, 15) is 64.0 Å². The van der Waals surface area contributed by atoms with Crippen molar-refractivity contribution in [3.63, 3.8) is 0 Å². The number of ether oxygens (including phenoxy) is 2. The van der Waals surface area contributed by atoms with Crippen molar-refractivity contribution in [2.45, 2.75) is 210 Å². The molecule has 0 saturated heterocycles. The number of carbonyl (C=O) groups excluding carboxylic acids is 2. The Kier molecular flexibility index (Phi) is 35.0. The smallest absolute Gasteiger partial charge is 0.462 e. The fourth-order valence-electron chi connectivity index (χ4n) is 6.93. The summed E-state index contributed by atoms with van der Waals surface area (Å²) in [4.78, 5) is 54.3. The molecule has 10 atom stereocenters. The predicted octanol–water partition coefficient (Wildman–Crippen LogP) is 7.00. The molecule has 0 heterocycles. The Balaban J connectivity index is 2.71. The van der Waals surface area contributed by atoms with Crippen molar-refractivity contribution in [3.8, 4) is 0 Å². The first kappa shape index (κ1) is 62.6. The molecule has 0 aliphatic heterocycles. The highest BCUT2D eigenvalue weighted by atomic mass is 31.2. The van der Waals surface area contributed by atoms with Crippen LogP contribution in [0.1, 0.15) is 155 Å². The van der Waals surface area contributed by atoms with E-state index in [-0.39, 0.29) is 32.1 Å². The lowest BCUT2D eigenvalue weighted by molar-refractivity contribution is -0.216. The Hall–Kier alpha value is -2.38. The summed E-state index contributed by atoms with van der Waals surface area (Å²) in [7, 11) is -10.8. The van der Waals surface area contributed by atoms with Gasteiger partial charge in [-0.15, -0.1) is 0 Å². The van der Waals surface area contributed by atoms with Crippen molar-refractivity contribution in [1.29, 1.82) is 0 Å². The van der Waals surface area contributed by atoms with Crippen LogP contribution in [0, 0.1) is 0 Å². The second-order valence-electron chi connectivity index (χ2n) is 16.8. The first-order valence-corrected chi connectivity index (χ1v) is 27.0. The van der Waals surface area contributed by atoms with Crippen LogP contribution < -0.4 is 0 Å². The van der Waals surface area contributed by atoms with Gasteiger partial charge < -0.3 is 54.8 Å². The molecule has 1 aliphatic carbocycles. The normalized spacial score (nSPS) is 22.9. The van der Waals surface area contributed by atoms with E-state index >= 15 is 0 Å². The highest BCUT2D eigenvalue weighted by molar-refractivity contribution is 7.47. The van der Waals surface area contributed by atoms with E-state index in [2.05, 4.69) is 54.8 Å². The van der Waals surface area contributed by atoms with Crippen LogP contribution in [0.25, 0.3) is 0 Å². The number of unbranched alkanes of at least 4 members (excludes halogenated alkanes) is 11. The fourth-order valence-corrected chi connectivity index (χ4v) is 8.47. The average Bonchev–Trinajstić information content (AvgIpc) is 3.28. The Morgan fingerprint density at radius 1 is 0.552 bits per heavy atom. The van der Waals surface area contributed by atoms with E-state index in [0.717, 1.165) is 57.8 Å². The number of phosphoric ester groups is 2. The number of aliphatic hydroxyl groups excluding tert-OH is 6. The summed E-state index contributed by atoms with van der Waals surface area (Å²) in [6, 6.07) is 0. The number of allylic oxidation sites excluding steroid dienone is 9. The van der Waals surface area contributed by atoms with Crippen LogP contribution in [0.2, 0.25) is 0 Å². The Labute approximate surface area is 397 Å². The Morgan fingerprint density at radius 3 is 1.63 bits per heavy atom. The summed E-state index contributed by atoms with van der Waals surface area (Å²) in [5.74, 6) is -1.51. The van der Waals surface area contributed by atoms with E-state index < -0.39 is 95.7 Å². The van der Waals surface area contributed by atoms with Gasteiger partial charge in [0.2, 0.25) is 0 Å². The largest absolute Gasteiger partial charge is 0.472 e. The van der Waals surface area contributed by atoms with Crippen molar-refractivity contribution in [2.24, 2.45) is 0 Å². The van der Waals surface area contributed by atoms with Gasteiger partial charge in [-0.2, -0.15) is 0 Å². The number of hydrogen-bond acceptors (Lipinski definition) is 15. The minimum atomic E-state index is -5.40. The van der Waals surface area contributed by atoms with Crippen molar-refractivity contribution >= 4 is 27.6 Å². The quantitative estimate of drug-likeness (QED) is 0.0130. The van der Waals surface area contributed by atoms with E-state index in [1.165, 1.54) is 38.5 Å². The molecule has 388 valence electrons. The highest BCUT2D eigenvalue weighted by Gasteiger charge is 2.54. The first-order chi connectivity index (χ1) is 31.9. The number of phosphoric acid groups is 2. The highest BCUT2D eigenvalue weighted by Crippen LogP contribution is 2.49. The molecular weight excluding hydrogens is 914 g/mol. The molecule has 1 fully saturated rings. The van der Waals surface area contributed by atoms with E-state index in [0.29, 0.717) is 12.8 Å². The van der Waals surface area contributed by atoms with Gasteiger partial charge in [0.15, 0.2) is 6.10 Å². The van der Waals surface area contributed by atoms with Crippen molar-refractivity contribution in [3.05, 3.63) is 60.8 Å². The van der Waals surface area contributed by atoms with Gasteiger partial charge in [-0.25, -0.2) is 9.13 Å². The molecule has 0 spiro atoms. The fraction of sp³-hybridized carbons (Fsp3) is 0.745. The first-order valence-electron chi connectivity index (χ1n) is 24.0. The molecule has 1 rings (SSSR count). The summed E-state index contributed by atoms with van der Waals surface area (Å²) in [5.41, 5.74) is 0. The van der Waals surface area contributed by atoms with Crippen molar-refractivity contribution in [2.75, 3.05) is 13.2 Å². The number of esters is 2. The molecule has 0 amide bonds.